The van der Waals surface area contributed by atoms with E-state index in [2.05, 4.69) is 29.0 Å². The Morgan fingerprint density at radius 2 is 2.07 bits per heavy atom. The third-order valence-electron chi connectivity index (χ3n) is 4.07. The fraction of sp³-hybridized carbons (Fsp3) is 1.00. The molecule has 3 nitrogen and oxygen atoms in total. The van der Waals surface area contributed by atoms with Crippen LogP contribution in [-0.2, 0) is 0 Å². The molecule has 2 rings (SSSR count). The second-order valence-corrected chi connectivity index (χ2v) is 4.81. The predicted octanol–water partition coefficient (Wildman–Crippen LogP) is 0.764. The van der Waals surface area contributed by atoms with E-state index in [1.807, 2.05) is 0 Å². The average Bonchev–Trinajstić information content (AvgIpc) is 2.89. The highest BCUT2D eigenvalue weighted by atomic mass is 15.3. The lowest BCUT2D eigenvalue weighted by atomic mass is 10.2. The summed E-state index contributed by atoms with van der Waals surface area (Å²) in [6, 6.07) is 1.64. The van der Waals surface area contributed by atoms with Crippen molar-refractivity contribution >= 4 is 0 Å². The Labute approximate surface area is 93.8 Å². The Bertz CT molecular complexity index is 177. The van der Waals surface area contributed by atoms with Crippen LogP contribution < -0.4 is 5.32 Å². The molecule has 3 heteroatoms. The van der Waals surface area contributed by atoms with Gasteiger partial charge in [-0.05, 0) is 32.5 Å². The van der Waals surface area contributed by atoms with E-state index in [0.717, 1.165) is 12.1 Å². The normalized spacial score (nSPS) is 33.0. The molecule has 2 atom stereocenters. The summed E-state index contributed by atoms with van der Waals surface area (Å²) in [7, 11) is 0. The number of likely N-dealkylation sites (tertiary alicyclic amines) is 1. The van der Waals surface area contributed by atoms with Crippen molar-refractivity contribution in [2.75, 3.05) is 39.3 Å². The molecule has 2 unspecified atom stereocenters. The van der Waals surface area contributed by atoms with Crippen LogP contribution in [0.4, 0.5) is 0 Å². The second kappa shape index (κ2) is 5.28. The van der Waals surface area contributed by atoms with Gasteiger partial charge in [0.25, 0.3) is 0 Å². The summed E-state index contributed by atoms with van der Waals surface area (Å²) >= 11 is 0. The zero-order valence-electron chi connectivity index (χ0n) is 10.2. The lowest BCUT2D eigenvalue weighted by Gasteiger charge is -2.28. The van der Waals surface area contributed by atoms with Crippen LogP contribution in [0.5, 0.6) is 0 Å². The van der Waals surface area contributed by atoms with Gasteiger partial charge in [0, 0.05) is 31.7 Å². The highest BCUT2D eigenvalue weighted by Crippen LogP contribution is 2.20. The Balaban J connectivity index is 1.82. The fourth-order valence-corrected chi connectivity index (χ4v) is 3.09. The highest BCUT2D eigenvalue weighted by Gasteiger charge is 2.31. The van der Waals surface area contributed by atoms with Crippen molar-refractivity contribution < 1.29 is 0 Å². The van der Waals surface area contributed by atoms with Gasteiger partial charge in [0.1, 0.15) is 0 Å². The average molecular weight is 211 g/mol. The zero-order valence-corrected chi connectivity index (χ0v) is 10.2. The quantitative estimate of drug-likeness (QED) is 0.741. The van der Waals surface area contributed by atoms with Gasteiger partial charge in [-0.15, -0.1) is 0 Å². The first-order valence-corrected chi connectivity index (χ1v) is 6.54. The molecule has 0 saturated carbocycles. The molecule has 0 bridgehead atoms. The van der Waals surface area contributed by atoms with Gasteiger partial charge in [0.15, 0.2) is 0 Å². The van der Waals surface area contributed by atoms with Gasteiger partial charge >= 0.3 is 0 Å². The molecule has 0 spiro atoms. The summed E-state index contributed by atoms with van der Waals surface area (Å²) in [5.74, 6) is 0. The summed E-state index contributed by atoms with van der Waals surface area (Å²) < 4.78 is 0. The number of likely N-dealkylation sites (N-methyl/N-ethyl adjacent to an activating group) is 1. The van der Waals surface area contributed by atoms with Crippen molar-refractivity contribution in [3.63, 3.8) is 0 Å². The third-order valence-corrected chi connectivity index (χ3v) is 4.07. The smallest absolute Gasteiger partial charge is 0.0235 e. The number of hydrogen-bond donors (Lipinski definition) is 1. The van der Waals surface area contributed by atoms with Crippen molar-refractivity contribution in [2.24, 2.45) is 0 Å². The van der Waals surface area contributed by atoms with E-state index in [-0.39, 0.29) is 0 Å². The molecule has 0 aromatic heterocycles. The molecule has 88 valence electrons. The maximum Gasteiger partial charge on any atom is 0.0235 e. The molecule has 0 aromatic carbocycles. The van der Waals surface area contributed by atoms with E-state index >= 15 is 0 Å². The Kier molecular flexibility index (Phi) is 4.00. The first-order chi connectivity index (χ1) is 7.35. The summed E-state index contributed by atoms with van der Waals surface area (Å²) in [6.45, 7) is 12.0. The summed E-state index contributed by atoms with van der Waals surface area (Å²) in [4.78, 5) is 5.31. The molecular weight excluding hydrogens is 186 g/mol. The van der Waals surface area contributed by atoms with Gasteiger partial charge in [-0.2, -0.15) is 0 Å². The van der Waals surface area contributed by atoms with Crippen LogP contribution in [0, 0.1) is 0 Å². The minimum Gasteiger partial charge on any atom is -0.315 e. The van der Waals surface area contributed by atoms with Crippen molar-refractivity contribution in [1.82, 2.24) is 15.1 Å². The van der Waals surface area contributed by atoms with Crippen molar-refractivity contribution in [3.8, 4) is 0 Å². The SMILES string of the molecule is CCN(CC)C1CCN(C2CCNC2)C1. The van der Waals surface area contributed by atoms with Crippen molar-refractivity contribution in [2.45, 2.75) is 38.8 Å². The Hall–Kier alpha value is -0.120. The van der Waals surface area contributed by atoms with Crippen LogP contribution in [-0.4, -0.2) is 61.2 Å². The zero-order chi connectivity index (χ0) is 10.7. The van der Waals surface area contributed by atoms with Crippen LogP contribution >= 0.6 is 0 Å². The van der Waals surface area contributed by atoms with Gasteiger partial charge in [0.2, 0.25) is 0 Å². The molecule has 2 heterocycles. The molecule has 2 fully saturated rings. The number of hydrogen-bond acceptors (Lipinski definition) is 3. The standard InChI is InChI=1S/C12H25N3/c1-3-14(4-2)12-6-8-15(10-12)11-5-7-13-9-11/h11-13H,3-10H2,1-2H3. The van der Waals surface area contributed by atoms with Gasteiger partial charge < -0.3 is 5.32 Å². The van der Waals surface area contributed by atoms with Crippen molar-refractivity contribution in [1.29, 1.82) is 0 Å². The number of rotatable bonds is 4. The molecule has 0 aromatic rings. The third kappa shape index (κ3) is 2.52. The molecular formula is C12H25N3. The topological polar surface area (TPSA) is 18.5 Å². The highest BCUT2D eigenvalue weighted by molar-refractivity contribution is 4.89. The first kappa shape index (κ1) is 11.4. The van der Waals surface area contributed by atoms with E-state index in [1.54, 1.807) is 0 Å². The molecule has 0 amide bonds. The predicted molar refractivity (Wildman–Crippen MR) is 64.2 cm³/mol. The molecule has 2 saturated heterocycles. The Morgan fingerprint density at radius 1 is 1.27 bits per heavy atom. The molecule has 2 aliphatic heterocycles. The van der Waals surface area contributed by atoms with Gasteiger partial charge in [-0.3, -0.25) is 9.80 Å². The van der Waals surface area contributed by atoms with Gasteiger partial charge in [-0.25, -0.2) is 0 Å². The maximum atomic E-state index is 3.47. The summed E-state index contributed by atoms with van der Waals surface area (Å²) in [6.07, 6.45) is 2.73. The molecule has 15 heavy (non-hydrogen) atoms. The maximum absolute atomic E-state index is 3.47. The largest absolute Gasteiger partial charge is 0.315 e. The minimum atomic E-state index is 0.820. The van der Waals surface area contributed by atoms with Crippen LogP contribution in [0.3, 0.4) is 0 Å². The van der Waals surface area contributed by atoms with Crippen molar-refractivity contribution in [3.05, 3.63) is 0 Å². The molecule has 1 N–H and O–H groups in total. The lowest BCUT2D eigenvalue weighted by molar-refractivity contribution is 0.192. The monoisotopic (exact) mass is 211 g/mol. The van der Waals surface area contributed by atoms with E-state index in [4.69, 9.17) is 0 Å². The van der Waals surface area contributed by atoms with Gasteiger partial charge in [0.05, 0.1) is 0 Å². The number of nitrogens with one attached hydrogen (secondary N) is 1. The van der Waals surface area contributed by atoms with E-state index in [9.17, 15) is 0 Å². The van der Waals surface area contributed by atoms with Gasteiger partial charge in [-0.1, -0.05) is 13.8 Å². The van der Waals surface area contributed by atoms with Crippen LogP contribution in [0.1, 0.15) is 26.7 Å². The van der Waals surface area contributed by atoms with E-state index in [0.29, 0.717) is 0 Å². The van der Waals surface area contributed by atoms with Crippen LogP contribution in [0.2, 0.25) is 0 Å². The first-order valence-electron chi connectivity index (χ1n) is 6.54. The van der Waals surface area contributed by atoms with E-state index < -0.39 is 0 Å². The van der Waals surface area contributed by atoms with Crippen LogP contribution in [0.15, 0.2) is 0 Å². The Morgan fingerprint density at radius 3 is 2.67 bits per heavy atom. The fourth-order valence-electron chi connectivity index (χ4n) is 3.09. The lowest BCUT2D eigenvalue weighted by Crippen LogP contribution is -2.40. The molecule has 0 aliphatic carbocycles. The van der Waals surface area contributed by atoms with Crippen LogP contribution in [0.25, 0.3) is 0 Å². The molecule has 0 radical (unpaired) electrons. The summed E-state index contributed by atoms with van der Waals surface area (Å²) in [5.41, 5.74) is 0. The summed E-state index contributed by atoms with van der Waals surface area (Å²) in [5, 5.41) is 3.47. The second-order valence-electron chi connectivity index (χ2n) is 4.81. The minimum absolute atomic E-state index is 0.820. The number of nitrogens with zero attached hydrogens (tertiary/aromatic N) is 2. The van der Waals surface area contributed by atoms with E-state index in [1.165, 1.54) is 52.1 Å². The molecule has 2 aliphatic rings.